The lowest BCUT2D eigenvalue weighted by molar-refractivity contribution is 0.0988. The minimum atomic E-state index is -0.339. The molecule has 0 atom stereocenters. The van der Waals surface area contributed by atoms with E-state index in [9.17, 15) is 4.79 Å². The highest BCUT2D eigenvalue weighted by molar-refractivity contribution is 5.67. The van der Waals surface area contributed by atoms with Gasteiger partial charge in [-0.1, -0.05) is 30.2 Å². The molecular weight excluding hydrogens is 326 g/mol. The minimum Gasteiger partial charge on any atom is -0.443 e. The van der Waals surface area contributed by atoms with Gasteiger partial charge in [0.15, 0.2) is 0 Å². The van der Waals surface area contributed by atoms with E-state index in [2.05, 4.69) is 16.8 Å². The van der Waals surface area contributed by atoms with Crippen LogP contribution in [0.5, 0.6) is 0 Å². The van der Waals surface area contributed by atoms with Gasteiger partial charge in [-0.2, -0.15) is 0 Å². The number of benzene rings is 1. The number of carbonyl (C=O) groups is 1. The lowest BCUT2D eigenvalue weighted by Crippen LogP contribution is -2.31. The Hall–Kier alpha value is -3.26. The summed E-state index contributed by atoms with van der Waals surface area (Å²) in [5.74, 6) is 6.33. The fourth-order valence-corrected chi connectivity index (χ4v) is 2.63. The van der Waals surface area contributed by atoms with Crippen molar-refractivity contribution in [2.24, 2.45) is 0 Å². The Labute approximate surface area is 153 Å². The maximum absolute atomic E-state index is 12.1. The van der Waals surface area contributed by atoms with E-state index < -0.39 is 0 Å². The van der Waals surface area contributed by atoms with Crippen molar-refractivity contribution in [3.8, 4) is 11.8 Å². The predicted molar refractivity (Wildman–Crippen MR) is 101 cm³/mol. The van der Waals surface area contributed by atoms with E-state index in [1.54, 1.807) is 4.90 Å². The van der Waals surface area contributed by atoms with E-state index in [1.807, 2.05) is 73.0 Å². The average Bonchev–Trinajstić information content (AvgIpc) is 3.04. The Morgan fingerprint density at radius 1 is 1.08 bits per heavy atom. The van der Waals surface area contributed by atoms with Crippen LogP contribution in [0.4, 0.5) is 4.79 Å². The number of carbonyl (C=O) groups excluding carboxylic acids is 1. The molecule has 5 heteroatoms. The number of aromatic nitrogens is 2. The lowest BCUT2D eigenvalue weighted by Gasteiger charge is -2.17. The van der Waals surface area contributed by atoms with Gasteiger partial charge in [-0.15, -0.1) is 0 Å². The minimum absolute atomic E-state index is 0.0931. The number of pyridine rings is 1. The first-order valence-corrected chi connectivity index (χ1v) is 8.67. The molecular formula is C21H21N3O2. The first-order chi connectivity index (χ1) is 12.7. The second-order valence-corrected chi connectivity index (χ2v) is 5.68. The van der Waals surface area contributed by atoms with Gasteiger partial charge in [0.05, 0.1) is 0 Å². The first-order valence-electron chi connectivity index (χ1n) is 8.67. The molecule has 0 spiro atoms. The van der Waals surface area contributed by atoms with Crippen LogP contribution in [0.25, 0.3) is 5.65 Å². The SMILES string of the molecule is CCN(CC)C(=O)OCc1nc2ccccn2c1C#Cc1ccccc1. The molecule has 0 fully saturated rings. The summed E-state index contributed by atoms with van der Waals surface area (Å²) < 4.78 is 7.35. The Kier molecular flexibility index (Phi) is 5.55. The van der Waals surface area contributed by atoms with Gasteiger partial charge in [0.2, 0.25) is 0 Å². The zero-order valence-electron chi connectivity index (χ0n) is 15.0. The van der Waals surface area contributed by atoms with Gasteiger partial charge in [-0.25, -0.2) is 9.78 Å². The molecule has 3 aromatic rings. The molecule has 0 aliphatic heterocycles. The molecule has 1 aromatic carbocycles. The van der Waals surface area contributed by atoms with Crippen molar-refractivity contribution < 1.29 is 9.53 Å². The number of nitrogens with zero attached hydrogens (tertiary/aromatic N) is 3. The highest BCUT2D eigenvalue weighted by Crippen LogP contribution is 2.14. The van der Waals surface area contributed by atoms with Crippen molar-refractivity contribution in [3.05, 3.63) is 71.7 Å². The Balaban J connectivity index is 1.90. The third kappa shape index (κ3) is 3.86. The summed E-state index contributed by atoms with van der Waals surface area (Å²) in [5.41, 5.74) is 3.08. The van der Waals surface area contributed by atoms with E-state index in [4.69, 9.17) is 4.74 Å². The monoisotopic (exact) mass is 347 g/mol. The molecule has 1 amide bonds. The number of fused-ring (bicyclic) bond motifs is 1. The highest BCUT2D eigenvalue weighted by Gasteiger charge is 2.15. The van der Waals surface area contributed by atoms with Crippen LogP contribution in [-0.2, 0) is 11.3 Å². The zero-order chi connectivity index (χ0) is 18.4. The summed E-state index contributed by atoms with van der Waals surface area (Å²) in [6.07, 6.45) is 1.57. The molecule has 3 rings (SSSR count). The maximum Gasteiger partial charge on any atom is 0.410 e. The van der Waals surface area contributed by atoms with Crippen LogP contribution in [0.15, 0.2) is 54.7 Å². The molecule has 0 unspecified atom stereocenters. The quantitative estimate of drug-likeness (QED) is 0.676. The fourth-order valence-electron chi connectivity index (χ4n) is 2.63. The molecule has 5 nitrogen and oxygen atoms in total. The molecule has 26 heavy (non-hydrogen) atoms. The molecule has 132 valence electrons. The Morgan fingerprint density at radius 2 is 1.81 bits per heavy atom. The largest absolute Gasteiger partial charge is 0.443 e. The summed E-state index contributed by atoms with van der Waals surface area (Å²) >= 11 is 0. The first kappa shape index (κ1) is 17.6. The Bertz CT molecular complexity index is 948. The second kappa shape index (κ2) is 8.21. The van der Waals surface area contributed by atoms with Crippen molar-refractivity contribution in [3.63, 3.8) is 0 Å². The van der Waals surface area contributed by atoms with E-state index in [0.29, 0.717) is 18.8 Å². The summed E-state index contributed by atoms with van der Waals surface area (Å²) in [5, 5.41) is 0. The molecule has 0 radical (unpaired) electrons. The van der Waals surface area contributed by atoms with Gasteiger partial charge in [0, 0.05) is 24.8 Å². The molecule has 0 saturated carbocycles. The summed E-state index contributed by atoms with van der Waals surface area (Å²) in [6.45, 7) is 5.16. The van der Waals surface area contributed by atoms with Gasteiger partial charge >= 0.3 is 6.09 Å². The van der Waals surface area contributed by atoms with Crippen molar-refractivity contribution in [1.29, 1.82) is 0 Å². The normalized spacial score (nSPS) is 10.2. The number of rotatable bonds is 4. The highest BCUT2D eigenvalue weighted by atomic mass is 16.6. The van der Waals surface area contributed by atoms with Crippen LogP contribution < -0.4 is 0 Å². The van der Waals surface area contributed by atoms with Crippen LogP contribution in [0.2, 0.25) is 0 Å². The summed E-state index contributed by atoms with van der Waals surface area (Å²) in [4.78, 5) is 18.3. The van der Waals surface area contributed by atoms with Crippen molar-refractivity contribution in [2.75, 3.05) is 13.1 Å². The fraction of sp³-hybridized carbons (Fsp3) is 0.238. The lowest BCUT2D eigenvalue weighted by atomic mass is 10.2. The van der Waals surface area contributed by atoms with Crippen LogP contribution in [0, 0.1) is 11.8 Å². The number of imidazole rings is 1. The van der Waals surface area contributed by atoms with Gasteiger partial charge in [-0.3, -0.25) is 4.40 Å². The molecule has 0 aliphatic carbocycles. The van der Waals surface area contributed by atoms with Crippen molar-refractivity contribution >= 4 is 11.7 Å². The number of amides is 1. The molecule has 0 N–H and O–H groups in total. The van der Waals surface area contributed by atoms with Gasteiger partial charge in [-0.05, 0) is 44.0 Å². The predicted octanol–water partition coefficient (Wildman–Crippen LogP) is 3.71. The van der Waals surface area contributed by atoms with E-state index in [-0.39, 0.29) is 12.7 Å². The molecule has 2 heterocycles. The second-order valence-electron chi connectivity index (χ2n) is 5.68. The number of hydrogen-bond donors (Lipinski definition) is 0. The smallest absolute Gasteiger partial charge is 0.410 e. The Morgan fingerprint density at radius 3 is 2.54 bits per heavy atom. The van der Waals surface area contributed by atoms with E-state index in [0.717, 1.165) is 16.9 Å². The maximum atomic E-state index is 12.1. The van der Waals surface area contributed by atoms with Crippen LogP contribution in [-0.4, -0.2) is 33.5 Å². The summed E-state index contributed by atoms with van der Waals surface area (Å²) in [6, 6.07) is 15.5. The van der Waals surface area contributed by atoms with E-state index in [1.165, 1.54) is 0 Å². The standard InChI is InChI=1S/C21H21N3O2/c1-3-23(4-2)21(25)26-16-18-19(14-13-17-10-6-5-7-11-17)24-15-9-8-12-20(24)22-18/h5-12,15H,3-4,16H2,1-2H3. The van der Waals surface area contributed by atoms with Crippen molar-refractivity contribution in [2.45, 2.75) is 20.5 Å². The molecule has 2 aromatic heterocycles. The topological polar surface area (TPSA) is 46.8 Å². The van der Waals surface area contributed by atoms with Gasteiger partial charge < -0.3 is 9.64 Å². The third-order valence-corrected chi connectivity index (χ3v) is 4.06. The molecule has 0 saturated heterocycles. The van der Waals surface area contributed by atoms with Gasteiger partial charge in [0.1, 0.15) is 23.6 Å². The number of ether oxygens (including phenoxy) is 1. The molecule has 0 bridgehead atoms. The van der Waals surface area contributed by atoms with Crippen LogP contribution >= 0.6 is 0 Å². The number of hydrogen-bond acceptors (Lipinski definition) is 3. The summed E-state index contributed by atoms with van der Waals surface area (Å²) in [7, 11) is 0. The van der Waals surface area contributed by atoms with Crippen LogP contribution in [0.3, 0.4) is 0 Å². The average molecular weight is 347 g/mol. The van der Waals surface area contributed by atoms with Gasteiger partial charge in [0.25, 0.3) is 0 Å². The zero-order valence-corrected chi connectivity index (χ0v) is 15.0. The molecule has 0 aliphatic rings. The van der Waals surface area contributed by atoms with Crippen LogP contribution in [0.1, 0.15) is 30.8 Å². The third-order valence-electron chi connectivity index (χ3n) is 4.06. The van der Waals surface area contributed by atoms with E-state index >= 15 is 0 Å². The van der Waals surface area contributed by atoms with Crippen molar-refractivity contribution in [1.82, 2.24) is 14.3 Å².